The molecule has 0 aliphatic carbocycles. The molecule has 0 radical (unpaired) electrons. The Bertz CT molecular complexity index is 384. The number of nitrogens with one attached hydrogen (secondary N) is 1. The number of ether oxygens (including phenoxy) is 1. The molecule has 0 saturated carbocycles. The first-order chi connectivity index (χ1) is 6.69. The van der Waals surface area contributed by atoms with E-state index in [0.717, 1.165) is 0 Å². The molecule has 1 aromatic heterocycles. The second-order valence-electron chi connectivity index (χ2n) is 2.68. The Balaban J connectivity index is 2.98. The number of pyridine rings is 1. The van der Waals surface area contributed by atoms with Crippen LogP contribution in [0, 0.1) is 0 Å². The molecule has 0 unspecified atom stereocenters. The molecule has 0 bridgehead atoms. The van der Waals surface area contributed by atoms with E-state index in [-0.39, 0.29) is 23.8 Å². The van der Waals surface area contributed by atoms with E-state index in [9.17, 15) is 9.59 Å². The Kier molecular flexibility index (Phi) is 3.28. The molecule has 5 nitrogen and oxygen atoms in total. The molecule has 0 aliphatic heterocycles. The number of hydrogen-bond donors (Lipinski definition) is 1. The predicted molar refractivity (Wildman–Crippen MR) is 51.3 cm³/mol. The van der Waals surface area contributed by atoms with Crippen molar-refractivity contribution in [2.45, 2.75) is 6.54 Å². The summed E-state index contributed by atoms with van der Waals surface area (Å²) in [6, 6.07) is 3.21. The highest BCUT2D eigenvalue weighted by molar-refractivity contribution is 5.75. The third-order valence-corrected chi connectivity index (χ3v) is 1.80. The van der Waals surface area contributed by atoms with E-state index < -0.39 is 0 Å². The normalized spacial score (nSPS) is 9.57. The molecule has 0 spiro atoms. The predicted octanol–water partition coefficient (Wildman–Crippen LogP) is -0.397. The number of hydrogen-bond acceptors (Lipinski definition) is 3. The Hall–Kier alpha value is -1.78. The van der Waals surface area contributed by atoms with Crippen molar-refractivity contribution >= 4 is 5.91 Å². The van der Waals surface area contributed by atoms with Crippen molar-refractivity contribution in [2.75, 3.05) is 14.2 Å². The van der Waals surface area contributed by atoms with Gasteiger partial charge in [0.15, 0.2) is 5.75 Å². The fraction of sp³-hybridized carbons (Fsp3) is 0.333. The number of methoxy groups -OCH3 is 1. The average molecular weight is 196 g/mol. The highest BCUT2D eigenvalue weighted by Crippen LogP contribution is 1.99. The first kappa shape index (κ1) is 10.3. The maximum absolute atomic E-state index is 11.5. The molecule has 1 aromatic rings. The average Bonchev–Trinajstić information content (AvgIpc) is 2.21. The zero-order valence-corrected chi connectivity index (χ0v) is 8.11. The highest BCUT2D eigenvalue weighted by atomic mass is 16.5. The summed E-state index contributed by atoms with van der Waals surface area (Å²) in [4.78, 5) is 22.5. The summed E-state index contributed by atoms with van der Waals surface area (Å²) in [6.07, 6.45) is 1.54. The van der Waals surface area contributed by atoms with E-state index in [4.69, 9.17) is 4.74 Å². The standard InChI is InChI=1S/C9H12N2O3/c1-10-8(12)6-11-5-3-4-7(14-2)9(11)13/h3-5H,6H2,1-2H3,(H,10,12). The van der Waals surface area contributed by atoms with Gasteiger partial charge in [0, 0.05) is 13.2 Å². The molecular weight excluding hydrogens is 184 g/mol. The smallest absolute Gasteiger partial charge is 0.293 e. The fourth-order valence-corrected chi connectivity index (χ4v) is 1.03. The number of carbonyl (C=O) groups excluding carboxylic acids is 1. The lowest BCUT2D eigenvalue weighted by Gasteiger charge is -2.05. The van der Waals surface area contributed by atoms with Crippen LogP contribution in [0.3, 0.4) is 0 Å². The van der Waals surface area contributed by atoms with Crippen LogP contribution in [0.2, 0.25) is 0 Å². The Morgan fingerprint density at radius 3 is 2.93 bits per heavy atom. The van der Waals surface area contributed by atoms with E-state index in [1.165, 1.54) is 18.7 Å². The van der Waals surface area contributed by atoms with E-state index in [2.05, 4.69) is 5.32 Å². The van der Waals surface area contributed by atoms with Gasteiger partial charge in [0.2, 0.25) is 5.91 Å². The molecule has 0 saturated heterocycles. The lowest BCUT2D eigenvalue weighted by molar-refractivity contribution is -0.121. The topological polar surface area (TPSA) is 60.3 Å². The Morgan fingerprint density at radius 1 is 1.64 bits per heavy atom. The summed E-state index contributed by atoms with van der Waals surface area (Å²) < 4.78 is 6.13. The van der Waals surface area contributed by atoms with Gasteiger partial charge in [-0.05, 0) is 12.1 Å². The Labute approximate surface area is 81.3 Å². The number of aromatic nitrogens is 1. The van der Waals surface area contributed by atoms with Crippen molar-refractivity contribution in [3.05, 3.63) is 28.7 Å². The van der Waals surface area contributed by atoms with Crippen LogP contribution in [0.15, 0.2) is 23.1 Å². The van der Waals surface area contributed by atoms with Crippen LogP contribution in [0.5, 0.6) is 5.75 Å². The quantitative estimate of drug-likeness (QED) is 0.715. The van der Waals surface area contributed by atoms with Gasteiger partial charge in [-0.15, -0.1) is 0 Å². The van der Waals surface area contributed by atoms with Crippen molar-refractivity contribution in [3.8, 4) is 5.75 Å². The molecule has 1 N–H and O–H groups in total. The van der Waals surface area contributed by atoms with Gasteiger partial charge in [0.25, 0.3) is 5.56 Å². The van der Waals surface area contributed by atoms with Crippen LogP contribution < -0.4 is 15.6 Å². The number of rotatable bonds is 3. The van der Waals surface area contributed by atoms with E-state index in [1.54, 1.807) is 18.3 Å². The minimum absolute atomic E-state index is 0.00648. The fourth-order valence-electron chi connectivity index (χ4n) is 1.03. The SMILES string of the molecule is CNC(=O)Cn1cccc(OC)c1=O. The van der Waals surface area contributed by atoms with Crippen molar-refractivity contribution < 1.29 is 9.53 Å². The Morgan fingerprint density at radius 2 is 2.36 bits per heavy atom. The van der Waals surface area contributed by atoms with Crippen molar-refractivity contribution in [1.29, 1.82) is 0 Å². The highest BCUT2D eigenvalue weighted by Gasteiger charge is 2.05. The second kappa shape index (κ2) is 4.45. The zero-order valence-electron chi connectivity index (χ0n) is 8.11. The van der Waals surface area contributed by atoms with Crippen LogP contribution >= 0.6 is 0 Å². The summed E-state index contributed by atoms with van der Waals surface area (Å²) in [6.45, 7) is 0.00648. The first-order valence-corrected chi connectivity index (χ1v) is 4.13. The maximum Gasteiger partial charge on any atom is 0.293 e. The van der Waals surface area contributed by atoms with Crippen LogP contribution in [-0.2, 0) is 11.3 Å². The van der Waals surface area contributed by atoms with Crippen LogP contribution in [0.4, 0.5) is 0 Å². The van der Waals surface area contributed by atoms with Gasteiger partial charge in [-0.2, -0.15) is 0 Å². The van der Waals surface area contributed by atoms with Crippen LogP contribution in [0.25, 0.3) is 0 Å². The number of amides is 1. The lowest BCUT2D eigenvalue weighted by atomic mass is 10.4. The molecule has 0 atom stereocenters. The molecule has 76 valence electrons. The molecule has 0 fully saturated rings. The van der Waals surface area contributed by atoms with Gasteiger partial charge < -0.3 is 14.6 Å². The summed E-state index contributed by atoms with van der Waals surface area (Å²) >= 11 is 0. The van der Waals surface area contributed by atoms with E-state index >= 15 is 0 Å². The van der Waals surface area contributed by atoms with Gasteiger partial charge in [-0.3, -0.25) is 9.59 Å². The number of likely N-dealkylation sites (N-methyl/N-ethyl adjacent to an activating group) is 1. The van der Waals surface area contributed by atoms with Gasteiger partial charge in [-0.1, -0.05) is 0 Å². The molecule has 1 amide bonds. The van der Waals surface area contributed by atoms with E-state index in [1.807, 2.05) is 0 Å². The molecule has 5 heteroatoms. The lowest BCUT2D eigenvalue weighted by Crippen LogP contribution is -2.30. The minimum Gasteiger partial charge on any atom is -0.491 e. The second-order valence-corrected chi connectivity index (χ2v) is 2.68. The number of carbonyl (C=O) groups is 1. The minimum atomic E-state index is -0.307. The molecule has 1 heterocycles. The molecule has 14 heavy (non-hydrogen) atoms. The maximum atomic E-state index is 11.5. The van der Waals surface area contributed by atoms with Gasteiger partial charge in [-0.25, -0.2) is 0 Å². The third kappa shape index (κ3) is 2.12. The number of nitrogens with zero attached hydrogens (tertiary/aromatic N) is 1. The largest absolute Gasteiger partial charge is 0.491 e. The van der Waals surface area contributed by atoms with Crippen molar-refractivity contribution in [1.82, 2.24) is 9.88 Å². The molecule has 0 aliphatic rings. The molecule has 0 aromatic carbocycles. The van der Waals surface area contributed by atoms with E-state index in [0.29, 0.717) is 0 Å². The van der Waals surface area contributed by atoms with Crippen molar-refractivity contribution in [2.24, 2.45) is 0 Å². The first-order valence-electron chi connectivity index (χ1n) is 4.13. The molecule has 1 rings (SSSR count). The monoisotopic (exact) mass is 196 g/mol. The zero-order chi connectivity index (χ0) is 10.6. The third-order valence-electron chi connectivity index (χ3n) is 1.80. The van der Waals surface area contributed by atoms with Crippen molar-refractivity contribution in [3.63, 3.8) is 0 Å². The summed E-state index contributed by atoms with van der Waals surface area (Å²) in [5, 5.41) is 2.44. The summed E-state index contributed by atoms with van der Waals surface area (Å²) in [5.74, 6) is 0.0109. The van der Waals surface area contributed by atoms with Crippen LogP contribution in [-0.4, -0.2) is 24.6 Å². The summed E-state index contributed by atoms with van der Waals surface area (Å²) in [7, 11) is 2.94. The van der Waals surface area contributed by atoms with Gasteiger partial charge in [0.1, 0.15) is 6.54 Å². The van der Waals surface area contributed by atoms with Gasteiger partial charge in [0.05, 0.1) is 7.11 Å². The summed E-state index contributed by atoms with van der Waals surface area (Å²) in [5.41, 5.74) is -0.307. The molecular formula is C9H12N2O3. The van der Waals surface area contributed by atoms with Gasteiger partial charge >= 0.3 is 0 Å². The van der Waals surface area contributed by atoms with Crippen LogP contribution in [0.1, 0.15) is 0 Å².